The molecule has 18 heavy (non-hydrogen) atoms. The molecule has 1 aliphatic rings. The maximum Gasteiger partial charge on any atom is 0.244 e. The van der Waals surface area contributed by atoms with Crippen LogP contribution in [0.5, 0.6) is 0 Å². The highest BCUT2D eigenvalue weighted by atomic mass is 79.9. The summed E-state index contributed by atoms with van der Waals surface area (Å²) >= 11 is 6.81. The molecule has 1 aliphatic carbocycles. The van der Waals surface area contributed by atoms with Gasteiger partial charge in [0.15, 0.2) is 0 Å². The highest BCUT2D eigenvalue weighted by Gasteiger charge is 2.35. The van der Waals surface area contributed by atoms with Crippen molar-refractivity contribution in [3.05, 3.63) is 27.1 Å². The third kappa shape index (κ3) is 3.13. The first-order valence-electron chi connectivity index (χ1n) is 6.07. The minimum Gasteiger partial charge on any atom is -0.323 e. The molecule has 0 heterocycles. The van der Waals surface area contributed by atoms with Gasteiger partial charge >= 0.3 is 0 Å². The first-order chi connectivity index (χ1) is 8.51. The molecule has 98 valence electrons. The Labute approximate surface area is 124 Å². The van der Waals surface area contributed by atoms with Gasteiger partial charge in [0.25, 0.3) is 0 Å². The number of amides is 1. The van der Waals surface area contributed by atoms with Crippen molar-refractivity contribution in [3.8, 4) is 0 Å². The Kier molecular flexibility index (Phi) is 4.45. The summed E-state index contributed by atoms with van der Waals surface area (Å²) in [5.41, 5.74) is 6.25. The van der Waals surface area contributed by atoms with Gasteiger partial charge in [-0.25, -0.2) is 0 Å². The Morgan fingerprint density at radius 1 is 1.22 bits per heavy atom. The van der Waals surface area contributed by atoms with Gasteiger partial charge in [0.05, 0.1) is 11.2 Å². The highest BCUT2D eigenvalue weighted by Crippen LogP contribution is 2.30. The van der Waals surface area contributed by atoms with Gasteiger partial charge < -0.3 is 11.1 Å². The Morgan fingerprint density at radius 2 is 1.89 bits per heavy atom. The smallest absolute Gasteiger partial charge is 0.244 e. The van der Waals surface area contributed by atoms with Crippen LogP contribution in [-0.4, -0.2) is 11.4 Å². The zero-order valence-corrected chi connectivity index (χ0v) is 13.2. The van der Waals surface area contributed by atoms with E-state index < -0.39 is 5.54 Å². The highest BCUT2D eigenvalue weighted by molar-refractivity contribution is 9.11. The van der Waals surface area contributed by atoms with E-state index in [0.717, 1.165) is 40.3 Å². The number of benzene rings is 1. The summed E-state index contributed by atoms with van der Waals surface area (Å²) in [7, 11) is 0. The van der Waals surface area contributed by atoms with Gasteiger partial charge in [-0.15, -0.1) is 0 Å². The summed E-state index contributed by atoms with van der Waals surface area (Å²) in [6.07, 6.45) is 4.78. The van der Waals surface area contributed by atoms with E-state index in [1.54, 1.807) is 0 Å². The second kappa shape index (κ2) is 5.72. The lowest BCUT2D eigenvalue weighted by Crippen LogP contribution is -2.52. The second-order valence-corrected chi connectivity index (χ2v) is 6.57. The van der Waals surface area contributed by atoms with Crippen molar-refractivity contribution < 1.29 is 4.79 Å². The lowest BCUT2D eigenvalue weighted by atomic mass is 9.82. The summed E-state index contributed by atoms with van der Waals surface area (Å²) in [4.78, 5) is 12.3. The molecule has 2 rings (SSSR count). The standard InChI is InChI=1S/C13H16Br2N2O/c14-9-4-5-11(10(15)8-9)17-12(18)13(16)6-2-1-3-7-13/h4-5,8H,1-3,6-7,16H2,(H,17,18). The molecule has 1 aromatic rings. The quantitative estimate of drug-likeness (QED) is 0.825. The van der Waals surface area contributed by atoms with Gasteiger partial charge in [-0.1, -0.05) is 35.2 Å². The first kappa shape index (κ1) is 14.0. The van der Waals surface area contributed by atoms with Crippen LogP contribution in [-0.2, 0) is 4.79 Å². The van der Waals surface area contributed by atoms with Gasteiger partial charge in [0.2, 0.25) is 5.91 Å². The molecule has 0 aliphatic heterocycles. The van der Waals surface area contributed by atoms with Crippen LogP contribution in [0.15, 0.2) is 27.1 Å². The average Bonchev–Trinajstić information content (AvgIpc) is 2.33. The average molecular weight is 376 g/mol. The van der Waals surface area contributed by atoms with Crippen molar-refractivity contribution in [2.45, 2.75) is 37.6 Å². The molecule has 1 aromatic carbocycles. The van der Waals surface area contributed by atoms with E-state index in [1.807, 2.05) is 18.2 Å². The first-order valence-corrected chi connectivity index (χ1v) is 7.65. The van der Waals surface area contributed by atoms with Crippen LogP contribution in [0.4, 0.5) is 5.69 Å². The van der Waals surface area contributed by atoms with Crippen LogP contribution in [0, 0.1) is 0 Å². The molecule has 0 spiro atoms. The number of hydrogen-bond acceptors (Lipinski definition) is 2. The van der Waals surface area contributed by atoms with Crippen molar-refractivity contribution in [2.24, 2.45) is 5.73 Å². The van der Waals surface area contributed by atoms with Crippen LogP contribution in [0.3, 0.4) is 0 Å². The molecule has 5 heteroatoms. The fourth-order valence-corrected chi connectivity index (χ4v) is 3.39. The molecule has 0 unspecified atom stereocenters. The largest absolute Gasteiger partial charge is 0.323 e. The molecule has 0 aromatic heterocycles. The van der Waals surface area contributed by atoms with E-state index in [4.69, 9.17) is 5.73 Å². The lowest BCUT2D eigenvalue weighted by Gasteiger charge is -2.31. The lowest BCUT2D eigenvalue weighted by molar-refractivity contribution is -0.122. The molecule has 0 atom stereocenters. The number of nitrogens with two attached hydrogens (primary N) is 1. The summed E-state index contributed by atoms with van der Waals surface area (Å²) in [6.45, 7) is 0. The fourth-order valence-electron chi connectivity index (χ4n) is 2.25. The monoisotopic (exact) mass is 374 g/mol. The number of carbonyl (C=O) groups is 1. The van der Waals surface area contributed by atoms with Crippen LogP contribution < -0.4 is 11.1 Å². The van der Waals surface area contributed by atoms with E-state index in [9.17, 15) is 4.79 Å². The second-order valence-electron chi connectivity index (χ2n) is 4.80. The fraction of sp³-hybridized carbons (Fsp3) is 0.462. The number of halogens is 2. The molecule has 1 fully saturated rings. The molecule has 0 radical (unpaired) electrons. The molecule has 0 saturated heterocycles. The molecule has 0 bridgehead atoms. The van der Waals surface area contributed by atoms with E-state index in [1.165, 1.54) is 6.42 Å². The van der Waals surface area contributed by atoms with Crippen molar-refractivity contribution >= 4 is 43.5 Å². The van der Waals surface area contributed by atoms with E-state index in [-0.39, 0.29) is 5.91 Å². The molecular formula is C13H16Br2N2O. The van der Waals surface area contributed by atoms with Gasteiger partial charge in [-0.05, 0) is 47.0 Å². The number of carbonyl (C=O) groups excluding carboxylic acids is 1. The molecule has 1 saturated carbocycles. The summed E-state index contributed by atoms with van der Waals surface area (Å²) in [6, 6.07) is 5.66. The minimum absolute atomic E-state index is 0.0785. The van der Waals surface area contributed by atoms with E-state index in [2.05, 4.69) is 37.2 Å². The third-order valence-corrected chi connectivity index (χ3v) is 4.53. The molecule has 3 nitrogen and oxygen atoms in total. The van der Waals surface area contributed by atoms with Crippen LogP contribution >= 0.6 is 31.9 Å². The zero-order valence-electron chi connectivity index (χ0n) is 10.0. The molecule has 1 amide bonds. The van der Waals surface area contributed by atoms with Crippen LogP contribution in [0.2, 0.25) is 0 Å². The predicted octanol–water partition coefficient (Wildman–Crippen LogP) is 3.81. The van der Waals surface area contributed by atoms with Gasteiger partial charge in [-0.2, -0.15) is 0 Å². The topological polar surface area (TPSA) is 55.1 Å². The number of anilines is 1. The number of rotatable bonds is 2. The van der Waals surface area contributed by atoms with Crippen molar-refractivity contribution in [2.75, 3.05) is 5.32 Å². The Bertz CT molecular complexity index is 456. The van der Waals surface area contributed by atoms with E-state index in [0.29, 0.717) is 0 Å². The summed E-state index contributed by atoms with van der Waals surface area (Å²) < 4.78 is 1.82. The van der Waals surface area contributed by atoms with Crippen molar-refractivity contribution in [1.29, 1.82) is 0 Å². The zero-order chi connectivity index (χ0) is 13.2. The van der Waals surface area contributed by atoms with Crippen molar-refractivity contribution in [1.82, 2.24) is 0 Å². The number of nitrogens with one attached hydrogen (secondary N) is 1. The maximum atomic E-state index is 12.3. The van der Waals surface area contributed by atoms with Crippen LogP contribution in [0.25, 0.3) is 0 Å². The van der Waals surface area contributed by atoms with E-state index >= 15 is 0 Å². The molecule has 3 N–H and O–H groups in total. The van der Waals surface area contributed by atoms with Crippen LogP contribution in [0.1, 0.15) is 32.1 Å². The number of hydrogen-bond donors (Lipinski definition) is 2. The summed E-state index contributed by atoms with van der Waals surface area (Å²) in [5, 5.41) is 2.92. The predicted molar refractivity (Wildman–Crippen MR) is 80.5 cm³/mol. The van der Waals surface area contributed by atoms with Gasteiger partial charge in [0.1, 0.15) is 0 Å². The summed E-state index contributed by atoms with van der Waals surface area (Å²) in [5.74, 6) is -0.0785. The minimum atomic E-state index is -0.704. The van der Waals surface area contributed by atoms with Crippen molar-refractivity contribution in [3.63, 3.8) is 0 Å². The maximum absolute atomic E-state index is 12.3. The Hall–Kier alpha value is -0.390. The Morgan fingerprint density at radius 3 is 2.50 bits per heavy atom. The Balaban J connectivity index is 2.11. The third-order valence-electron chi connectivity index (χ3n) is 3.38. The molecular weight excluding hydrogens is 360 g/mol. The normalized spacial score (nSPS) is 18.4. The SMILES string of the molecule is NC1(C(=O)Nc2ccc(Br)cc2Br)CCCCC1. The van der Waals surface area contributed by atoms with Gasteiger partial charge in [0, 0.05) is 8.95 Å². The van der Waals surface area contributed by atoms with Gasteiger partial charge in [-0.3, -0.25) is 4.79 Å².